The lowest BCUT2D eigenvalue weighted by Gasteiger charge is -2.12. The van der Waals surface area contributed by atoms with Crippen LogP contribution >= 0.6 is 11.8 Å². The minimum Gasteiger partial charge on any atom is -0.350 e. The molecule has 0 radical (unpaired) electrons. The van der Waals surface area contributed by atoms with Crippen LogP contribution in [0.5, 0.6) is 0 Å². The van der Waals surface area contributed by atoms with Crippen molar-refractivity contribution < 1.29 is 9.59 Å². The summed E-state index contributed by atoms with van der Waals surface area (Å²) in [5, 5.41) is 7.23. The zero-order chi connectivity index (χ0) is 25.8. The Bertz CT molecular complexity index is 1410. The first-order valence-electron chi connectivity index (χ1n) is 12.2. The Labute approximate surface area is 217 Å². The van der Waals surface area contributed by atoms with Crippen LogP contribution in [0.4, 0.5) is 5.69 Å². The van der Waals surface area contributed by atoms with E-state index in [1.165, 1.54) is 22.9 Å². The van der Waals surface area contributed by atoms with Gasteiger partial charge in [-0.25, -0.2) is 0 Å². The van der Waals surface area contributed by atoms with Gasteiger partial charge >= 0.3 is 0 Å². The smallest absolute Gasteiger partial charge is 0.251 e. The average molecular weight is 500 g/mol. The van der Waals surface area contributed by atoms with Gasteiger partial charge in [-0.2, -0.15) is 0 Å². The van der Waals surface area contributed by atoms with Gasteiger partial charge in [0, 0.05) is 46.3 Å². The molecule has 0 saturated carbocycles. The third kappa shape index (κ3) is 5.82. The van der Waals surface area contributed by atoms with Gasteiger partial charge in [0.05, 0.1) is 5.75 Å². The number of aromatic nitrogens is 1. The largest absolute Gasteiger partial charge is 0.350 e. The number of nitrogens with zero attached hydrogens (tertiary/aromatic N) is 1. The Kier molecular flexibility index (Phi) is 7.85. The lowest BCUT2D eigenvalue weighted by molar-refractivity contribution is -0.113. The molecule has 0 aliphatic rings. The minimum absolute atomic E-state index is 0.0208. The highest BCUT2D eigenvalue weighted by atomic mass is 32.2. The van der Waals surface area contributed by atoms with Gasteiger partial charge in [0.1, 0.15) is 0 Å². The fourth-order valence-electron chi connectivity index (χ4n) is 4.48. The molecule has 6 heteroatoms. The van der Waals surface area contributed by atoms with E-state index in [2.05, 4.69) is 52.6 Å². The fraction of sp³-hybridized carbons (Fsp3) is 0.267. The van der Waals surface area contributed by atoms with Crippen molar-refractivity contribution >= 4 is 40.2 Å². The number of thioether (sulfide) groups is 1. The SMILES string of the molecule is Cc1cc(C)c(NC(=O)CSc2cn(CCNC(=O)c3ccc(C)c(C)c3)c3ccccc23)c(C)c1. The third-order valence-electron chi connectivity index (χ3n) is 6.46. The molecule has 2 N–H and O–H groups in total. The molecule has 1 aromatic heterocycles. The molecule has 3 aromatic carbocycles. The summed E-state index contributed by atoms with van der Waals surface area (Å²) in [4.78, 5) is 26.4. The van der Waals surface area contributed by atoms with Crippen LogP contribution in [0.1, 0.15) is 38.2 Å². The Morgan fingerprint density at radius 2 is 1.58 bits per heavy atom. The predicted octanol–water partition coefficient (Wildman–Crippen LogP) is 6.34. The van der Waals surface area contributed by atoms with Crippen molar-refractivity contribution in [1.29, 1.82) is 0 Å². The van der Waals surface area contributed by atoms with Gasteiger partial charge < -0.3 is 15.2 Å². The summed E-state index contributed by atoms with van der Waals surface area (Å²) < 4.78 is 2.14. The van der Waals surface area contributed by atoms with Crippen LogP contribution in [0, 0.1) is 34.6 Å². The van der Waals surface area contributed by atoms with Gasteiger partial charge in [0.2, 0.25) is 5.91 Å². The van der Waals surface area contributed by atoms with E-state index in [1.54, 1.807) is 0 Å². The summed E-state index contributed by atoms with van der Waals surface area (Å²) in [5.41, 5.74) is 8.28. The van der Waals surface area contributed by atoms with Crippen LogP contribution < -0.4 is 10.6 Å². The highest BCUT2D eigenvalue weighted by Gasteiger charge is 2.13. The molecule has 36 heavy (non-hydrogen) atoms. The van der Waals surface area contributed by atoms with Crippen LogP contribution in [0.15, 0.2) is 65.7 Å². The molecular formula is C30H33N3O2S. The van der Waals surface area contributed by atoms with E-state index < -0.39 is 0 Å². The maximum absolute atomic E-state index is 12.8. The number of hydrogen-bond acceptors (Lipinski definition) is 3. The van der Waals surface area contributed by atoms with E-state index in [0.29, 0.717) is 24.4 Å². The number of benzene rings is 3. The second-order valence-electron chi connectivity index (χ2n) is 9.37. The maximum atomic E-state index is 12.8. The highest BCUT2D eigenvalue weighted by Crippen LogP contribution is 2.30. The van der Waals surface area contributed by atoms with Crippen LogP contribution in [0.2, 0.25) is 0 Å². The quantitative estimate of drug-likeness (QED) is 0.278. The molecule has 4 rings (SSSR count). The second-order valence-corrected chi connectivity index (χ2v) is 10.4. The lowest BCUT2D eigenvalue weighted by atomic mass is 10.1. The van der Waals surface area contributed by atoms with Crippen molar-refractivity contribution in [2.75, 3.05) is 17.6 Å². The van der Waals surface area contributed by atoms with Crippen molar-refractivity contribution in [3.8, 4) is 0 Å². The summed E-state index contributed by atoms with van der Waals surface area (Å²) in [6, 6.07) is 18.1. The number of anilines is 1. The van der Waals surface area contributed by atoms with Crippen molar-refractivity contribution in [3.63, 3.8) is 0 Å². The van der Waals surface area contributed by atoms with E-state index in [-0.39, 0.29) is 11.8 Å². The molecule has 4 aromatic rings. The molecule has 0 fully saturated rings. The number of fused-ring (bicyclic) bond motifs is 1. The van der Waals surface area contributed by atoms with Gasteiger partial charge in [-0.1, -0.05) is 42.0 Å². The van der Waals surface area contributed by atoms with Gasteiger partial charge in [0.25, 0.3) is 5.91 Å². The minimum atomic E-state index is -0.0671. The first-order chi connectivity index (χ1) is 17.2. The zero-order valence-corrected chi connectivity index (χ0v) is 22.4. The lowest BCUT2D eigenvalue weighted by Crippen LogP contribution is -2.27. The van der Waals surface area contributed by atoms with Gasteiger partial charge in [-0.3, -0.25) is 9.59 Å². The number of amides is 2. The molecule has 2 amide bonds. The summed E-state index contributed by atoms with van der Waals surface area (Å²) in [7, 11) is 0. The Balaban J connectivity index is 1.40. The normalized spacial score (nSPS) is 11.0. The summed E-state index contributed by atoms with van der Waals surface area (Å²) >= 11 is 1.53. The number of carbonyl (C=O) groups is 2. The number of nitrogens with one attached hydrogen (secondary N) is 2. The zero-order valence-electron chi connectivity index (χ0n) is 21.6. The van der Waals surface area contributed by atoms with Crippen LogP contribution in [-0.4, -0.2) is 28.7 Å². The van der Waals surface area contributed by atoms with Crippen LogP contribution in [0.3, 0.4) is 0 Å². The van der Waals surface area contributed by atoms with Gasteiger partial charge in [0.15, 0.2) is 0 Å². The molecule has 0 bridgehead atoms. The number of para-hydroxylation sites is 1. The molecule has 0 aliphatic carbocycles. The van der Waals surface area contributed by atoms with E-state index in [0.717, 1.165) is 38.2 Å². The number of aryl methyl sites for hydroxylation is 5. The number of carbonyl (C=O) groups excluding carboxylic acids is 2. The fourth-order valence-corrected chi connectivity index (χ4v) is 5.37. The molecule has 5 nitrogen and oxygen atoms in total. The highest BCUT2D eigenvalue weighted by molar-refractivity contribution is 8.00. The molecule has 0 atom stereocenters. The van der Waals surface area contributed by atoms with E-state index in [9.17, 15) is 9.59 Å². The molecule has 1 heterocycles. The van der Waals surface area contributed by atoms with Crippen LogP contribution in [0.25, 0.3) is 10.9 Å². The second kappa shape index (κ2) is 11.0. The number of rotatable bonds is 8. The van der Waals surface area contributed by atoms with Crippen molar-refractivity contribution in [2.45, 2.75) is 46.1 Å². The van der Waals surface area contributed by atoms with E-state index >= 15 is 0 Å². The Hall–Kier alpha value is -3.51. The van der Waals surface area contributed by atoms with Gasteiger partial charge in [-0.05, 0) is 75.1 Å². The molecule has 0 saturated heterocycles. The summed E-state index contributed by atoms with van der Waals surface area (Å²) in [6.07, 6.45) is 2.08. The summed E-state index contributed by atoms with van der Waals surface area (Å²) in [6.45, 7) is 11.3. The van der Waals surface area contributed by atoms with E-state index in [4.69, 9.17) is 0 Å². The molecular weight excluding hydrogens is 466 g/mol. The van der Waals surface area contributed by atoms with Crippen LogP contribution in [-0.2, 0) is 11.3 Å². The van der Waals surface area contributed by atoms with Crippen molar-refractivity contribution in [3.05, 3.63) is 94.2 Å². The van der Waals surface area contributed by atoms with E-state index in [1.807, 2.05) is 58.0 Å². The monoisotopic (exact) mass is 499 g/mol. The first-order valence-corrected chi connectivity index (χ1v) is 13.2. The van der Waals surface area contributed by atoms with Crippen molar-refractivity contribution in [2.24, 2.45) is 0 Å². The first kappa shape index (κ1) is 25.6. The molecule has 0 aliphatic heterocycles. The molecule has 0 spiro atoms. The molecule has 0 unspecified atom stereocenters. The number of hydrogen-bond donors (Lipinski definition) is 2. The Morgan fingerprint density at radius 1 is 0.861 bits per heavy atom. The standard InChI is InChI=1S/C30H33N3O2S/c1-19-14-22(4)29(23(5)15-19)32-28(34)18-36-27-17-33(26-9-7-6-8-25(26)27)13-12-31-30(35)24-11-10-20(2)21(3)16-24/h6-11,14-17H,12-13,18H2,1-5H3,(H,31,35)(H,32,34). The Morgan fingerprint density at radius 3 is 2.31 bits per heavy atom. The summed E-state index contributed by atoms with van der Waals surface area (Å²) in [5.74, 6) is 0.236. The maximum Gasteiger partial charge on any atom is 0.251 e. The van der Waals surface area contributed by atoms with Crippen molar-refractivity contribution in [1.82, 2.24) is 9.88 Å². The predicted molar refractivity (Wildman–Crippen MR) is 150 cm³/mol. The topological polar surface area (TPSA) is 63.1 Å². The molecule has 186 valence electrons. The van der Waals surface area contributed by atoms with Gasteiger partial charge in [-0.15, -0.1) is 11.8 Å². The average Bonchev–Trinajstić information content (AvgIpc) is 3.19. The third-order valence-corrected chi connectivity index (χ3v) is 7.50.